The van der Waals surface area contributed by atoms with E-state index >= 15 is 0 Å². The Morgan fingerprint density at radius 2 is 1.25 bits per heavy atom. The Hall–Kier alpha value is -2.60. The fraction of sp³-hybridized carbons (Fsp3) is 0.222. The van der Waals surface area contributed by atoms with Crippen LogP contribution in [0.3, 0.4) is 0 Å². The van der Waals surface area contributed by atoms with E-state index < -0.39 is 6.09 Å². The van der Waals surface area contributed by atoms with Gasteiger partial charge >= 0.3 is 6.09 Å². The average Bonchev–Trinajstić information content (AvgIpc) is 2.55. The molecule has 0 N–H and O–H groups in total. The van der Waals surface area contributed by atoms with Crippen LogP contribution >= 0.6 is 12.2 Å². The van der Waals surface area contributed by atoms with E-state index in [0.717, 1.165) is 11.1 Å². The third-order valence-corrected chi connectivity index (χ3v) is 3.64. The van der Waals surface area contributed by atoms with Gasteiger partial charge in [0.25, 0.3) is 5.17 Å². The SMILES string of the molecule is CN(C)C(=O)Oc1ccccc1-c1ccccc1OC(=S)N(C)C. The first-order chi connectivity index (χ1) is 11.4. The number of carbonyl (C=O) groups excluding carboxylic acids is 1. The molecule has 0 bridgehead atoms. The molecule has 0 spiro atoms. The molecule has 0 atom stereocenters. The van der Waals surface area contributed by atoms with Gasteiger partial charge in [-0.3, -0.25) is 0 Å². The molecule has 2 aromatic rings. The maximum absolute atomic E-state index is 11.9. The lowest BCUT2D eigenvalue weighted by atomic mass is 10.0. The van der Waals surface area contributed by atoms with Crippen molar-refractivity contribution in [2.24, 2.45) is 0 Å². The summed E-state index contributed by atoms with van der Waals surface area (Å²) in [6.07, 6.45) is -0.440. The highest BCUT2D eigenvalue weighted by atomic mass is 32.1. The van der Waals surface area contributed by atoms with Crippen LogP contribution in [0.15, 0.2) is 48.5 Å². The van der Waals surface area contributed by atoms with Crippen LogP contribution in [0.5, 0.6) is 11.5 Å². The summed E-state index contributed by atoms with van der Waals surface area (Å²) in [6.45, 7) is 0. The van der Waals surface area contributed by atoms with Crippen LogP contribution in [-0.2, 0) is 0 Å². The van der Waals surface area contributed by atoms with Gasteiger partial charge in [0.2, 0.25) is 0 Å². The highest BCUT2D eigenvalue weighted by molar-refractivity contribution is 7.80. The Bertz CT molecular complexity index is 681. The molecule has 0 aromatic heterocycles. The number of thiocarbonyl (C=S) groups is 1. The fourth-order valence-electron chi connectivity index (χ4n) is 1.93. The predicted octanol–water partition coefficient (Wildman–Crippen LogP) is 3.64. The number of para-hydroxylation sites is 2. The van der Waals surface area contributed by atoms with Gasteiger partial charge in [0.1, 0.15) is 11.5 Å². The van der Waals surface area contributed by atoms with Crippen LogP contribution in [0.2, 0.25) is 0 Å². The molecule has 0 heterocycles. The van der Waals surface area contributed by atoms with E-state index in [1.54, 1.807) is 25.1 Å². The Labute approximate surface area is 147 Å². The third-order valence-electron chi connectivity index (χ3n) is 3.19. The average molecular weight is 344 g/mol. The summed E-state index contributed by atoms with van der Waals surface area (Å²) in [4.78, 5) is 15.0. The minimum Gasteiger partial charge on any atom is -0.431 e. The Kier molecular flexibility index (Phi) is 5.76. The largest absolute Gasteiger partial charge is 0.431 e. The first-order valence-corrected chi connectivity index (χ1v) is 7.77. The summed E-state index contributed by atoms with van der Waals surface area (Å²) < 4.78 is 11.2. The molecule has 0 radical (unpaired) electrons. The van der Waals surface area contributed by atoms with Crippen molar-refractivity contribution >= 4 is 23.5 Å². The summed E-state index contributed by atoms with van der Waals surface area (Å²) in [5.41, 5.74) is 1.55. The lowest BCUT2D eigenvalue weighted by Gasteiger charge is -2.18. The van der Waals surface area contributed by atoms with Gasteiger partial charge < -0.3 is 19.3 Å². The molecule has 0 aliphatic carbocycles. The molecular formula is C18H20N2O3S. The molecule has 0 fully saturated rings. The smallest absolute Gasteiger partial charge is 0.414 e. The number of amides is 1. The molecule has 0 aliphatic heterocycles. The minimum atomic E-state index is -0.440. The molecule has 6 heteroatoms. The number of rotatable bonds is 3. The fourth-order valence-corrected chi connectivity index (χ4v) is 2.02. The summed E-state index contributed by atoms with van der Waals surface area (Å²) in [5, 5.41) is 0.352. The van der Waals surface area contributed by atoms with Gasteiger partial charge in [-0.05, 0) is 24.4 Å². The van der Waals surface area contributed by atoms with E-state index in [2.05, 4.69) is 0 Å². The van der Waals surface area contributed by atoms with Crippen molar-refractivity contribution in [1.82, 2.24) is 9.80 Å². The second-order valence-electron chi connectivity index (χ2n) is 5.52. The Morgan fingerprint density at radius 1 is 0.792 bits per heavy atom. The van der Waals surface area contributed by atoms with E-state index in [-0.39, 0.29) is 0 Å². The van der Waals surface area contributed by atoms with Crippen molar-refractivity contribution in [2.45, 2.75) is 0 Å². The zero-order valence-electron chi connectivity index (χ0n) is 14.1. The van der Waals surface area contributed by atoms with Gasteiger partial charge in [-0.2, -0.15) is 0 Å². The van der Waals surface area contributed by atoms with E-state index in [9.17, 15) is 4.79 Å². The minimum absolute atomic E-state index is 0.352. The second-order valence-corrected chi connectivity index (χ2v) is 5.87. The predicted molar refractivity (Wildman–Crippen MR) is 98.5 cm³/mol. The molecule has 0 unspecified atom stereocenters. The van der Waals surface area contributed by atoms with E-state index in [1.807, 2.05) is 56.6 Å². The molecule has 2 aromatic carbocycles. The molecular weight excluding hydrogens is 324 g/mol. The quantitative estimate of drug-likeness (QED) is 0.795. The normalized spacial score (nSPS) is 10.0. The van der Waals surface area contributed by atoms with Gasteiger partial charge in [-0.15, -0.1) is 0 Å². The second kappa shape index (κ2) is 7.79. The molecule has 0 aliphatic rings. The van der Waals surface area contributed by atoms with E-state index in [4.69, 9.17) is 21.7 Å². The lowest BCUT2D eigenvalue weighted by Crippen LogP contribution is -2.26. The third kappa shape index (κ3) is 4.23. The lowest BCUT2D eigenvalue weighted by molar-refractivity contribution is 0.172. The van der Waals surface area contributed by atoms with Gasteiger partial charge in [0.05, 0.1) is 0 Å². The Morgan fingerprint density at radius 3 is 1.71 bits per heavy atom. The molecule has 0 saturated heterocycles. The van der Waals surface area contributed by atoms with Crippen molar-refractivity contribution < 1.29 is 14.3 Å². The van der Waals surface area contributed by atoms with Gasteiger partial charge in [0, 0.05) is 39.3 Å². The number of hydrogen-bond acceptors (Lipinski definition) is 4. The van der Waals surface area contributed by atoms with Crippen molar-refractivity contribution in [1.29, 1.82) is 0 Å². The van der Waals surface area contributed by atoms with Crippen LogP contribution in [0, 0.1) is 0 Å². The van der Waals surface area contributed by atoms with E-state index in [0.29, 0.717) is 16.7 Å². The van der Waals surface area contributed by atoms with Gasteiger partial charge in [0.15, 0.2) is 0 Å². The molecule has 126 valence electrons. The van der Waals surface area contributed by atoms with Gasteiger partial charge in [-0.25, -0.2) is 4.79 Å². The zero-order valence-corrected chi connectivity index (χ0v) is 15.0. The molecule has 5 nitrogen and oxygen atoms in total. The highest BCUT2D eigenvalue weighted by Gasteiger charge is 2.16. The topological polar surface area (TPSA) is 42.0 Å². The zero-order chi connectivity index (χ0) is 17.7. The number of carbonyl (C=O) groups is 1. The first kappa shape index (κ1) is 17.7. The number of benzene rings is 2. The number of hydrogen-bond donors (Lipinski definition) is 0. The molecule has 2 rings (SSSR count). The summed E-state index contributed by atoms with van der Waals surface area (Å²) in [7, 11) is 6.91. The van der Waals surface area contributed by atoms with Crippen LogP contribution in [-0.4, -0.2) is 49.3 Å². The number of ether oxygens (including phenoxy) is 2. The Balaban J connectivity index is 2.42. The first-order valence-electron chi connectivity index (χ1n) is 7.37. The highest BCUT2D eigenvalue weighted by Crippen LogP contribution is 2.36. The molecule has 0 saturated carbocycles. The van der Waals surface area contributed by atoms with Crippen molar-refractivity contribution in [3.63, 3.8) is 0 Å². The van der Waals surface area contributed by atoms with Crippen LogP contribution in [0.25, 0.3) is 11.1 Å². The van der Waals surface area contributed by atoms with Crippen molar-refractivity contribution in [3.05, 3.63) is 48.5 Å². The standard InChI is InChI=1S/C18H20N2O3S/c1-19(2)17(21)22-15-11-7-5-9-13(15)14-10-6-8-12-16(14)23-18(24)20(3)4/h5-12H,1-4H3. The van der Waals surface area contributed by atoms with Crippen molar-refractivity contribution in [2.75, 3.05) is 28.2 Å². The van der Waals surface area contributed by atoms with Crippen molar-refractivity contribution in [3.8, 4) is 22.6 Å². The summed E-state index contributed by atoms with van der Waals surface area (Å²) in [5.74, 6) is 1.06. The summed E-state index contributed by atoms with van der Waals surface area (Å²) >= 11 is 5.22. The molecule has 1 amide bonds. The van der Waals surface area contributed by atoms with Crippen LogP contribution < -0.4 is 9.47 Å². The van der Waals surface area contributed by atoms with E-state index in [1.165, 1.54) is 4.90 Å². The summed E-state index contributed by atoms with van der Waals surface area (Å²) in [6, 6.07) is 14.8. The maximum Gasteiger partial charge on any atom is 0.414 e. The maximum atomic E-state index is 11.9. The van der Waals surface area contributed by atoms with Crippen LogP contribution in [0.1, 0.15) is 0 Å². The van der Waals surface area contributed by atoms with Crippen LogP contribution in [0.4, 0.5) is 4.79 Å². The van der Waals surface area contributed by atoms with Gasteiger partial charge in [-0.1, -0.05) is 36.4 Å². The monoisotopic (exact) mass is 344 g/mol. The molecule has 24 heavy (non-hydrogen) atoms. The number of nitrogens with zero attached hydrogens (tertiary/aromatic N) is 2.